The molecule has 2 aliphatic heterocycles. The van der Waals surface area contributed by atoms with E-state index in [0.717, 1.165) is 16.7 Å². The van der Waals surface area contributed by atoms with Gasteiger partial charge in [-0.1, -0.05) is 36.4 Å². The number of para-hydroxylation sites is 2. The van der Waals surface area contributed by atoms with Crippen LogP contribution in [-0.4, -0.2) is 11.6 Å². The Hall–Kier alpha value is -2.80. The van der Waals surface area contributed by atoms with E-state index in [2.05, 4.69) is 15.9 Å². The van der Waals surface area contributed by atoms with E-state index < -0.39 is 4.92 Å². The maximum absolute atomic E-state index is 11.6. The Balaban J connectivity index is 1.90. The zero-order valence-electron chi connectivity index (χ0n) is 12.7. The van der Waals surface area contributed by atoms with E-state index in [1.807, 2.05) is 48.5 Å². The van der Waals surface area contributed by atoms with Crippen LogP contribution < -0.4 is 25.9 Å². The summed E-state index contributed by atoms with van der Waals surface area (Å²) in [4.78, 5) is 11.2. The maximum Gasteiger partial charge on any atom is 0.325 e. The average Bonchev–Trinajstić information content (AvgIpc) is 2.60. The van der Waals surface area contributed by atoms with Crippen molar-refractivity contribution in [3.63, 3.8) is 0 Å². The van der Waals surface area contributed by atoms with Gasteiger partial charge in [0.25, 0.3) is 6.71 Å². The summed E-state index contributed by atoms with van der Waals surface area (Å²) < 4.78 is 12.3. The molecule has 0 aliphatic carbocycles. The third kappa shape index (κ3) is 1.96. The molecule has 2 aliphatic rings. The van der Waals surface area contributed by atoms with Crippen molar-refractivity contribution < 1.29 is 14.4 Å². The van der Waals surface area contributed by atoms with Crippen molar-refractivity contribution in [2.75, 3.05) is 0 Å². The van der Waals surface area contributed by atoms with Gasteiger partial charge in [0.05, 0.1) is 4.92 Å². The van der Waals surface area contributed by atoms with Gasteiger partial charge in [0.1, 0.15) is 21.7 Å². The number of nitro benzene ring substituents is 1. The van der Waals surface area contributed by atoms with Crippen LogP contribution in [0.15, 0.2) is 59.1 Å². The lowest BCUT2D eigenvalue weighted by atomic mass is 9.35. The summed E-state index contributed by atoms with van der Waals surface area (Å²) in [5, 5.41) is 11.6. The van der Waals surface area contributed by atoms with Crippen molar-refractivity contribution in [2.45, 2.75) is 0 Å². The molecule has 0 atom stereocenters. The fourth-order valence-corrected chi connectivity index (χ4v) is 4.10. The largest absolute Gasteiger partial charge is 0.458 e. The summed E-state index contributed by atoms with van der Waals surface area (Å²) in [6, 6.07) is 17.0. The molecule has 0 fully saturated rings. The molecular weight excluding hydrogens is 385 g/mol. The number of halogens is 1. The first-order valence-corrected chi connectivity index (χ1v) is 8.49. The van der Waals surface area contributed by atoms with E-state index in [9.17, 15) is 10.1 Å². The number of rotatable bonds is 1. The van der Waals surface area contributed by atoms with Gasteiger partial charge in [-0.3, -0.25) is 10.1 Å². The Morgan fingerprint density at radius 2 is 1.52 bits per heavy atom. The zero-order chi connectivity index (χ0) is 17.1. The third-order valence-corrected chi connectivity index (χ3v) is 5.18. The van der Waals surface area contributed by atoms with Crippen molar-refractivity contribution in [3.8, 4) is 23.0 Å². The van der Waals surface area contributed by atoms with Crippen molar-refractivity contribution in [2.24, 2.45) is 0 Å². The predicted octanol–water partition coefficient (Wildman–Crippen LogP) is 3.08. The first-order valence-electron chi connectivity index (χ1n) is 7.69. The van der Waals surface area contributed by atoms with Crippen LogP contribution in [0.2, 0.25) is 0 Å². The van der Waals surface area contributed by atoms with Gasteiger partial charge in [0, 0.05) is 11.5 Å². The summed E-state index contributed by atoms with van der Waals surface area (Å²) in [5.41, 5.74) is 2.57. The minimum absolute atomic E-state index is 0.0822. The average molecular weight is 394 g/mol. The van der Waals surface area contributed by atoms with Gasteiger partial charge in [-0.25, -0.2) is 0 Å². The van der Waals surface area contributed by atoms with Crippen LogP contribution in [0.5, 0.6) is 23.0 Å². The summed E-state index contributed by atoms with van der Waals surface area (Å²) in [6.07, 6.45) is 0. The van der Waals surface area contributed by atoms with Gasteiger partial charge in [-0.2, -0.15) is 0 Å². The van der Waals surface area contributed by atoms with E-state index in [1.54, 1.807) is 6.07 Å². The Morgan fingerprint density at radius 1 is 0.920 bits per heavy atom. The van der Waals surface area contributed by atoms with Crippen LogP contribution in [0.3, 0.4) is 0 Å². The molecule has 0 spiro atoms. The molecule has 3 aromatic rings. The SMILES string of the molecule is O=[N+]([O-])c1c(Br)cc2c3c1Oc1ccccc1B3c1ccccc1O2. The summed E-state index contributed by atoms with van der Waals surface area (Å²) >= 11 is 3.29. The van der Waals surface area contributed by atoms with Crippen LogP contribution in [0.1, 0.15) is 0 Å². The minimum atomic E-state index is -0.425. The normalized spacial score (nSPS) is 13.1. The highest BCUT2D eigenvalue weighted by Gasteiger charge is 2.43. The predicted molar refractivity (Wildman–Crippen MR) is 98.5 cm³/mol. The molecule has 0 unspecified atom stereocenters. The number of benzene rings is 3. The summed E-state index contributed by atoms with van der Waals surface area (Å²) in [6.45, 7) is -0.160. The van der Waals surface area contributed by atoms with Crippen molar-refractivity contribution in [1.29, 1.82) is 0 Å². The van der Waals surface area contributed by atoms with Gasteiger partial charge in [0.15, 0.2) is 0 Å². The molecule has 2 heterocycles. The second-order valence-corrected chi connectivity index (χ2v) is 6.77. The highest BCUT2D eigenvalue weighted by Crippen LogP contribution is 2.43. The lowest BCUT2D eigenvalue weighted by Crippen LogP contribution is -2.57. The Bertz CT molecular complexity index is 1060. The molecular formula is C18H9BBrNO4. The lowest BCUT2D eigenvalue weighted by Gasteiger charge is -2.32. The molecule has 5 rings (SSSR count). The van der Waals surface area contributed by atoms with Gasteiger partial charge >= 0.3 is 5.69 Å². The molecule has 0 amide bonds. The summed E-state index contributed by atoms with van der Waals surface area (Å²) in [5.74, 6) is 2.20. The highest BCUT2D eigenvalue weighted by atomic mass is 79.9. The fraction of sp³-hybridized carbons (Fsp3) is 0. The Morgan fingerprint density at radius 3 is 2.16 bits per heavy atom. The van der Waals surface area contributed by atoms with Crippen LogP contribution >= 0.6 is 15.9 Å². The smallest absolute Gasteiger partial charge is 0.325 e. The van der Waals surface area contributed by atoms with Gasteiger partial charge in [0.2, 0.25) is 5.75 Å². The third-order valence-electron chi connectivity index (χ3n) is 4.57. The monoisotopic (exact) mass is 393 g/mol. The topological polar surface area (TPSA) is 61.6 Å². The van der Waals surface area contributed by atoms with Crippen molar-refractivity contribution >= 4 is 44.7 Å². The van der Waals surface area contributed by atoms with Crippen molar-refractivity contribution in [3.05, 3.63) is 69.2 Å². The number of fused-ring (bicyclic) bond motifs is 4. The van der Waals surface area contributed by atoms with E-state index in [0.29, 0.717) is 21.4 Å². The van der Waals surface area contributed by atoms with Gasteiger partial charge < -0.3 is 9.47 Å². The molecule has 120 valence electrons. The molecule has 0 aromatic heterocycles. The molecule has 0 saturated heterocycles. The van der Waals surface area contributed by atoms with Crippen LogP contribution in [0.4, 0.5) is 5.69 Å². The second kappa shape index (κ2) is 5.10. The quantitative estimate of drug-likeness (QED) is 0.249. The standard InChI is InChI=1S/C18H9BBrNO4/c20-12-9-15-16-18(17(12)21(22)23)25-14-8-4-2-6-11(14)19(16)10-5-1-3-7-13(10)24-15/h1-9H. The molecule has 0 bridgehead atoms. The molecule has 3 aromatic carbocycles. The second-order valence-electron chi connectivity index (χ2n) is 5.92. The molecule has 5 nitrogen and oxygen atoms in total. The fourth-order valence-electron chi connectivity index (χ4n) is 3.57. The van der Waals surface area contributed by atoms with Crippen LogP contribution in [0.25, 0.3) is 0 Å². The first kappa shape index (κ1) is 14.5. The van der Waals surface area contributed by atoms with Gasteiger partial charge in [-0.05, 0) is 39.0 Å². The highest BCUT2D eigenvalue weighted by molar-refractivity contribution is 9.10. The molecule has 0 saturated carbocycles. The molecule has 0 radical (unpaired) electrons. The zero-order valence-corrected chi connectivity index (χ0v) is 14.3. The number of nitrogens with zero attached hydrogens (tertiary/aromatic N) is 1. The van der Waals surface area contributed by atoms with E-state index in [-0.39, 0.29) is 18.1 Å². The lowest BCUT2D eigenvalue weighted by molar-refractivity contribution is -0.386. The number of ether oxygens (including phenoxy) is 2. The molecule has 25 heavy (non-hydrogen) atoms. The van der Waals surface area contributed by atoms with E-state index >= 15 is 0 Å². The maximum atomic E-state index is 11.6. The number of hydrogen-bond acceptors (Lipinski definition) is 4. The first-order chi connectivity index (χ1) is 12.1. The number of nitro groups is 1. The Kier molecular flexibility index (Phi) is 2.97. The summed E-state index contributed by atoms with van der Waals surface area (Å²) in [7, 11) is 0. The van der Waals surface area contributed by atoms with E-state index in [4.69, 9.17) is 9.47 Å². The number of hydrogen-bond donors (Lipinski definition) is 0. The molecule has 0 N–H and O–H groups in total. The van der Waals surface area contributed by atoms with E-state index in [1.165, 1.54) is 0 Å². The van der Waals surface area contributed by atoms with Crippen LogP contribution in [-0.2, 0) is 0 Å². The van der Waals surface area contributed by atoms with Crippen LogP contribution in [0, 0.1) is 10.1 Å². The van der Waals surface area contributed by atoms with Gasteiger partial charge in [-0.15, -0.1) is 0 Å². The minimum Gasteiger partial charge on any atom is -0.458 e. The molecule has 7 heteroatoms. The Labute approximate surface area is 151 Å². The van der Waals surface area contributed by atoms with Crippen molar-refractivity contribution in [1.82, 2.24) is 0 Å².